The minimum atomic E-state index is -3.62. The molecule has 1 unspecified atom stereocenters. The molecule has 1 aliphatic heterocycles. The number of hydrogen-bond donors (Lipinski definition) is 1. The van der Waals surface area contributed by atoms with Crippen LogP contribution in [-0.2, 0) is 14.8 Å². The second kappa shape index (κ2) is 6.55. The van der Waals surface area contributed by atoms with Gasteiger partial charge in [0.05, 0.1) is 11.4 Å². The maximum absolute atomic E-state index is 12.4. The zero-order valence-corrected chi connectivity index (χ0v) is 13.1. The molecule has 1 aromatic carbocycles. The molecular weight excluding hydrogens is 290 g/mol. The van der Waals surface area contributed by atoms with Crippen molar-refractivity contribution in [1.29, 1.82) is 0 Å². The lowest BCUT2D eigenvalue weighted by molar-refractivity contribution is -0.131. The molecule has 1 N–H and O–H groups in total. The number of hydrogen-bond acceptors (Lipinski definition) is 4. The van der Waals surface area contributed by atoms with Gasteiger partial charge in [-0.3, -0.25) is 4.79 Å². The fraction of sp³-hybridized carbons (Fsp3) is 0.500. The number of likely N-dealkylation sites (N-methyl/N-ethyl adjacent to an activating group) is 2. The lowest BCUT2D eigenvalue weighted by Crippen LogP contribution is -2.44. The zero-order valence-electron chi connectivity index (χ0n) is 12.3. The first kappa shape index (κ1) is 15.9. The molecule has 1 amide bonds. The Morgan fingerprint density at radius 1 is 1.29 bits per heavy atom. The van der Waals surface area contributed by atoms with E-state index in [1.807, 2.05) is 0 Å². The topological polar surface area (TPSA) is 69.7 Å². The van der Waals surface area contributed by atoms with Gasteiger partial charge < -0.3 is 10.2 Å². The second-order valence-corrected chi connectivity index (χ2v) is 7.27. The Hall–Kier alpha value is -1.44. The largest absolute Gasteiger partial charge is 0.340 e. The summed E-state index contributed by atoms with van der Waals surface area (Å²) in [4.78, 5) is 14.0. The van der Waals surface area contributed by atoms with Crippen LogP contribution in [0.25, 0.3) is 0 Å². The molecule has 1 saturated heterocycles. The van der Waals surface area contributed by atoms with Crippen molar-refractivity contribution in [2.24, 2.45) is 0 Å². The number of sulfonamides is 1. The van der Waals surface area contributed by atoms with Crippen LogP contribution in [0.1, 0.15) is 6.42 Å². The highest BCUT2D eigenvalue weighted by Crippen LogP contribution is 2.14. The van der Waals surface area contributed by atoms with Crippen LogP contribution < -0.4 is 5.32 Å². The standard InChI is InChI=1S/C14H21N3O3S/c1-16(21(19,20)13-6-4-3-5-7-13)11-14(18)17(2)12-8-9-15-10-12/h3-7,12,15H,8-11H2,1-2H3. The molecule has 1 heterocycles. The molecule has 1 fully saturated rings. The summed E-state index contributed by atoms with van der Waals surface area (Å²) in [6.45, 7) is 1.50. The summed E-state index contributed by atoms with van der Waals surface area (Å²) in [5, 5.41) is 3.19. The summed E-state index contributed by atoms with van der Waals surface area (Å²) in [5.41, 5.74) is 0. The normalized spacial score (nSPS) is 18.9. The number of amides is 1. The maximum Gasteiger partial charge on any atom is 0.243 e. The maximum atomic E-state index is 12.4. The van der Waals surface area contributed by atoms with Gasteiger partial charge in [0.25, 0.3) is 0 Å². The first-order chi connectivity index (χ1) is 9.93. The molecule has 0 radical (unpaired) electrons. The molecule has 1 aliphatic rings. The number of rotatable bonds is 5. The zero-order chi connectivity index (χ0) is 15.5. The number of carbonyl (C=O) groups is 1. The Bertz CT molecular complexity index is 583. The monoisotopic (exact) mass is 311 g/mol. The van der Waals surface area contributed by atoms with Crippen LogP contribution in [0.15, 0.2) is 35.2 Å². The van der Waals surface area contributed by atoms with E-state index in [2.05, 4.69) is 5.32 Å². The van der Waals surface area contributed by atoms with Crippen molar-refractivity contribution in [3.05, 3.63) is 30.3 Å². The first-order valence-corrected chi connectivity index (χ1v) is 8.34. The molecule has 7 heteroatoms. The molecule has 0 saturated carbocycles. The van der Waals surface area contributed by atoms with E-state index in [1.54, 1.807) is 30.1 Å². The van der Waals surface area contributed by atoms with E-state index in [4.69, 9.17) is 0 Å². The number of benzene rings is 1. The molecule has 116 valence electrons. The van der Waals surface area contributed by atoms with E-state index >= 15 is 0 Å². The van der Waals surface area contributed by atoms with Gasteiger partial charge in [0.1, 0.15) is 0 Å². The van der Waals surface area contributed by atoms with Gasteiger partial charge in [0.15, 0.2) is 0 Å². The van der Waals surface area contributed by atoms with Crippen LogP contribution in [-0.4, -0.2) is 63.3 Å². The van der Waals surface area contributed by atoms with Crippen LogP contribution in [0.4, 0.5) is 0 Å². The molecule has 1 aromatic rings. The van der Waals surface area contributed by atoms with Gasteiger partial charge in [-0.2, -0.15) is 4.31 Å². The number of carbonyl (C=O) groups excluding carboxylic acids is 1. The van der Waals surface area contributed by atoms with Gasteiger partial charge in [-0.05, 0) is 25.1 Å². The van der Waals surface area contributed by atoms with E-state index in [1.165, 1.54) is 19.2 Å². The quantitative estimate of drug-likeness (QED) is 0.839. The molecule has 0 bridgehead atoms. The highest BCUT2D eigenvalue weighted by Gasteiger charge is 2.27. The lowest BCUT2D eigenvalue weighted by Gasteiger charge is -2.26. The molecule has 2 rings (SSSR count). The summed E-state index contributed by atoms with van der Waals surface area (Å²) >= 11 is 0. The van der Waals surface area contributed by atoms with Crippen molar-refractivity contribution in [2.45, 2.75) is 17.4 Å². The Labute approximate surface area is 125 Å². The first-order valence-electron chi connectivity index (χ1n) is 6.90. The van der Waals surface area contributed by atoms with Crippen LogP contribution >= 0.6 is 0 Å². The van der Waals surface area contributed by atoms with E-state index in [-0.39, 0.29) is 23.4 Å². The Kier molecular flexibility index (Phi) is 4.97. The van der Waals surface area contributed by atoms with Crippen molar-refractivity contribution in [3.63, 3.8) is 0 Å². The third kappa shape index (κ3) is 3.61. The SMILES string of the molecule is CN(C(=O)CN(C)S(=O)(=O)c1ccccc1)C1CCNC1. The van der Waals surface area contributed by atoms with Gasteiger partial charge in [-0.25, -0.2) is 8.42 Å². The second-order valence-electron chi connectivity index (χ2n) is 5.23. The minimum absolute atomic E-state index is 0.144. The minimum Gasteiger partial charge on any atom is -0.340 e. The predicted molar refractivity (Wildman–Crippen MR) is 80.3 cm³/mol. The third-order valence-electron chi connectivity index (χ3n) is 3.78. The van der Waals surface area contributed by atoms with Gasteiger partial charge >= 0.3 is 0 Å². The van der Waals surface area contributed by atoms with Crippen LogP contribution in [0.2, 0.25) is 0 Å². The molecule has 0 aromatic heterocycles. The van der Waals surface area contributed by atoms with E-state index in [0.717, 1.165) is 23.8 Å². The van der Waals surface area contributed by atoms with Crippen LogP contribution in [0.3, 0.4) is 0 Å². The van der Waals surface area contributed by atoms with Gasteiger partial charge in [0.2, 0.25) is 15.9 Å². The van der Waals surface area contributed by atoms with E-state index in [9.17, 15) is 13.2 Å². The summed E-state index contributed by atoms with van der Waals surface area (Å²) in [6.07, 6.45) is 0.900. The number of nitrogens with zero attached hydrogens (tertiary/aromatic N) is 2. The fourth-order valence-corrected chi connectivity index (χ4v) is 3.47. The van der Waals surface area contributed by atoms with Gasteiger partial charge in [-0.1, -0.05) is 18.2 Å². The molecular formula is C14H21N3O3S. The predicted octanol–water partition coefficient (Wildman–Crippen LogP) is 0.127. The Morgan fingerprint density at radius 2 is 1.95 bits per heavy atom. The Morgan fingerprint density at radius 3 is 2.52 bits per heavy atom. The summed E-state index contributed by atoms with van der Waals surface area (Å²) in [7, 11) is -0.464. The molecule has 0 spiro atoms. The average Bonchev–Trinajstić information content (AvgIpc) is 3.01. The molecule has 6 nitrogen and oxygen atoms in total. The Balaban J connectivity index is 2.03. The van der Waals surface area contributed by atoms with Gasteiger partial charge in [-0.15, -0.1) is 0 Å². The molecule has 1 atom stereocenters. The third-order valence-corrected chi connectivity index (χ3v) is 5.60. The summed E-state index contributed by atoms with van der Waals surface area (Å²) in [5.74, 6) is -0.189. The van der Waals surface area contributed by atoms with Crippen molar-refractivity contribution >= 4 is 15.9 Å². The average molecular weight is 311 g/mol. The number of nitrogens with one attached hydrogen (secondary N) is 1. The van der Waals surface area contributed by atoms with E-state index in [0.29, 0.717) is 0 Å². The lowest BCUT2D eigenvalue weighted by atomic mass is 10.2. The molecule has 0 aliphatic carbocycles. The summed E-state index contributed by atoms with van der Waals surface area (Å²) < 4.78 is 25.8. The van der Waals surface area contributed by atoms with Crippen LogP contribution in [0.5, 0.6) is 0 Å². The highest BCUT2D eigenvalue weighted by atomic mass is 32.2. The summed E-state index contributed by atoms with van der Waals surface area (Å²) in [6, 6.07) is 8.29. The highest BCUT2D eigenvalue weighted by molar-refractivity contribution is 7.89. The van der Waals surface area contributed by atoms with Gasteiger partial charge in [0, 0.05) is 26.7 Å². The molecule has 21 heavy (non-hydrogen) atoms. The van der Waals surface area contributed by atoms with Crippen molar-refractivity contribution in [3.8, 4) is 0 Å². The van der Waals surface area contributed by atoms with Crippen molar-refractivity contribution in [2.75, 3.05) is 33.7 Å². The van der Waals surface area contributed by atoms with Crippen LogP contribution in [0, 0.1) is 0 Å². The van der Waals surface area contributed by atoms with Crippen molar-refractivity contribution in [1.82, 2.24) is 14.5 Å². The fourth-order valence-electron chi connectivity index (χ4n) is 2.33. The van der Waals surface area contributed by atoms with Crippen molar-refractivity contribution < 1.29 is 13.2 Å². The van der Waals surface area contributed by atoms with E-state index < -0.39 is 10.0 Å². The smallest absolute Gasteiger partial charge is 0.243 e.